The van der Waals surface area contributed by atoms with E-state index < -0.39 is 6.10 Å². The molecule has 0 aliphatic carbocycles. The Kier molecular flexibility index (Phi) is 5.77. The van der Waals surface area contributed by atoms with Crippen LogP contribution in [0.4, 0.5) is 0 Å². The first kappa shape index (κ1) is 12.9. The quantitative estimate of drug-likeness (QED) is 0.657. The fraction of sp³-hybridized carbons (Fsp3) is 0.545. The van der Waals surface area contributed by atoms with Crippen molar-refractivity contribution < 1.29 is 14.6 Å². The van der Waals surface area contributed by atoms with E-state index in [9.17, 15) is 5.11 Å². The van der Waals surface area contributed by atoms with Gasteiger partial charge in [-0.3, -0.25) is 4.98 Å². The molecule has 0 spiro atoms. The van der Waals surface area contributed by atoms with Crippen molar-refractivity contribution in [1.82, 2.24) is 10.3 Å². The third-order valence-electron chi connectivity index (χ3n) is 2.18. The number of aliphatic hydroxyl groups is 1. The first-order valence-electron chi connectivity index (χ1n) is 5.14. The zero-order chi connectivity index (χ0) is 11.8. The minimum Gasteiger partial charge on any atom is -0.495 e. The molecule has 0 radical (unpaired) electrons. The van der Waals surface area contributed by atoms with Gasteiger partial charge in [-0.15, -0.1) is 0 Å². The average Bonchev–Trinajstić information content (AvgIpc) is 2.34. The van der Waals surface area contributed by atoms with Gasteiger partial charge in [-0.2, -0.15) is 0 Å². The molecule has 0 saturated carbocycles. The van der Waals surface area contributed by atoms with Crippen LogP contribution >= 0.6 is 0 Å². The molecule has 0 amide bonds. The van der Waals surface area contributed by atoms with Crippen LogP contribution in [0.2, 0.25) is 0 Å². The second-order valence-corrected chi connectivity index (χ2v) is 3.37. The van der Waals surface area contributed by atoms with E-state index in [-0.39, 0.29) is 0 Å². The Morgan fingerprint density at radius 3 is 2.94 bits per heavy atom. The number of nitrogens with zero attached hydrogens (tertiary/aromatic N) is 1. The van der Waals surface area contributed by atoms with Crippen LogP contribution in [0.3, 0.4) is 0 Å². The molecule has 1 unspecified atom stereocenters. The number of hydrogen-bond acceptors (Lipinski definition) is 5. The highest BCUT2D eigenvalue weighted by molar-refractivity contribution is 5.25. The van der Waals surface area contributed by atoms with Crippen LogP contribution in [0.15, 0.2) is 18.5 Å². The summed E-state index contributed by atoms with van der Waals surface area (Å²) in [5.74, 6) is 0.647. The van der Waals surface area contributed by atoms with Crippen molar-refractivity contribution in [3.8, 4) is 5.75 Å². The highest BCUT2D eigenvalue weighted by Gasteiger charge is 2.08. The summed E-state index contributed by atoms with van der Waals surface area (Å²) in [6, 6.07) is 1.77. The first-order chi connectivity index (χ1) is 7.77. The van der Waals surface area contributed by atoms with Crippen molar-refractivity contribution >= 4 is 0 Å². The third-order valence-corrected chi connectivity index (χ3v) is 2.18. The molecule has 0 aromatic carbocycles. The van der Waals surface area contributed by atoms with Gasteiger partial charge < -0.3 is 19.9 Å². The zero-order valence-electron chi connectivity index (χ0n) is 9.64. The van der Waals surface area contributed by atoms with Gasteiger partial charge in [0.15, 0.2) is 0 Å². The molecule has 1 aromatic heterocycles. The lowest BCUT2D eigenvalue weighted by molar-refractivity contribution is 0.161. The number of pyridine rings is 1. The molecule has 90 valence electrons. The summed E-state index contributed by atoms with van der Waals surface area (Å²) in [5.41, 5.74) is 0.740. The molecule has 2 N–H and O–H groups in total. The van der Waals surface area contributed by atoms with Crippen molar-refractivity contribution in [2.75, 3.05) is 33.9 Å². The van der Waals surface area contributed by atoms with Crippen molar-refractivity contribution in [3.63, 3.8) is 0 Å². The van der Waals surface area contributed by atoms with E-state index in [1.807, 2.05) is 0 Å². The molecule has 1 heterocycles. The summed E-state index contributed by atoms with van der Waals surface area (Å²) in [6.07, 6.45) is 2.65. The summed E-state index contributed by atoms with van der Waals surface area (Å²) >= 11 is 0. The predicted molar refractivity (Wildman–Crippen MR) is 60.5 cm³/mol. The number of rotatable bonds is 7. The predicted octanol–water partition coefficient (Wildman–Crippen LogP) is 0.360. The summed E-state index contributed by atoms with van der Waals surface area (Å²) in [7, 11) is 3.22. The van der Waals surface area contributed by atoms with E-state index in [2.05, 4.69) is 10.3 Å². The molecule has 0 bridgehead atoms. The summed E-state index contributed by atoms with van der Waals surface area (Å²) in [6.45, 7) is 1.81. The van der Waals surface area contributed by atoms with Crippen molar-refractivity contribution in [3.05, 3.63) is 24.0 Å². The van der Waals surface area contributed by atoms with Crippen molar-refractivity contribution in [2.24, 2.45) is 0 Å². The molecular weight excluding hydrogens is 208 g/mol. The molecular formula is C11H18N2O3. The van der Waals surface area contributed by atoms with Crippen molar-refractivity contribution in [1.29, 1.82) is 0 Å². The van der Waals surface area contributed by atoms with Crippen LogP contribution < -0.4 is 10.1 Å². The molecule has 5 nitrogen and oxygen atoms in total. The molecule has 0 aliphatic heterocycles. The maximum absolute atomic E-state index is 9.84. The maximum Gasteiger partial charge on any atom is 0.137 e. The molecule has 1 aromatic rings. The highest BCUT2D eigenvalue weighted by atomic mass is 16.5. The SMILES string of the molecule is COCCNCC(O)c1cncc(OC)c1. The van der Waals surface area contributed by atoms with Gasteiger partial charge >= 0.3 is 0 Å². The second-order valence-electron chi connectivity index (χ2n) is 3.37. The number of ether oxygens (including phenoxy) is 2. The van der Waals surface area contributed by atoms with Gasteiger partial charge in [-0.1, -0.05) is 0 Å². The van der Waals surface area contributed by atoms with E-state index >= 15 is 0 Å². The normalized spacial score (nSPS) is 12.4. The van der Waals surface area contributed by atoms with Gasteiger partial charge in [0.05, 0.1) is 26.0 Å². The minimum atomic E-state index is -0.584. The monoisotopic (exact) mass is 226 g/mol. The molecule has 5 heteroatoms. The smallest absolute Gasteiger partial charge is 0.137 e. The average molecular weight is 226 g/mol. The summed E-state index contributed by atoms with van der Waals surface area (Å²) in [5, 5.41) is 12.9. The second kappa shape index (κ2) is 7.16. The minimum absolute atomic E-state index is 0.470. The van der Waals surface area contributed by atoms with Gasteiger partial charge in [-0.05, 0) is 6.07 Å². The lowest BCUT2D eigenvalue weighted by Crippen LogP contribution is -2.25. The van der Waals surface area contributed by atoms with Crippen molar-refractivity contribution in [2.45, 2.75) is 6.10 Å². The highest BCUT2D eigenvalue weighted by Crippen LogP contribution is 2.16. The molecule has 0 fully saturated rings. The fourth-order valence-corrected chi connectivity index (χ4v) is 1.26. The Morgan fingerprint density at radius 2 is 2.25 bits per heavy atom. The molecule has 16 heavy (non-hydrogen) atoms. The van der Waals surface area contributed by atoms with E-state index in [0.29, 0.717) is 25.4 Å². The lowest BCUT2D eigenvalue weighted by atomic mass is 10.1. The number of nitrogens with one attached hydrogen (secondary N) is 1. The van der Waals surface area contributed by atoms with Crippen LogP contribution in [0.25, 0.3) is 0 Å². The van der Waals surface area contributed by atoms with Gasteiger partial charge in [0.2, 0.25) is 0 Å². The molecule has 1 atom stereocenters. The van der Waals surface area contributed by atoms with E-state index in [1.54, 1.807) is 32.7 Å². The Bertz CT molecular complexity index is 307. The first-order valence-corrected chi connectivity index (χ1v) is 5.14. The number of methoxy groups -OCH3 is 2. The van der Waals surface area contributed by atoms with Gasteiger partial charge in [-0.25, -0.2) is 0 Å². The van der Waals surface area contributed by atoms with Gasteiger partial charge in [0.25, 0.3) is 0 Å². The standard InChI is InChI=1S/C11H18N2O3/c1-15-4-3-12-8-11(14)9-5-10(16-2)7-13-6-9/h5-7,11-12,14H,3-4,8H2,1-2H3. The maximum atomic E-state index is 9.84. The van der Waals surface area contributed by atoms with E-state index in [1.165, 1.54) is 0 Å². The number of aliphatic hydroxyl groups excluding tert-OH is 1. The third kappa shape index (κ3) is 4.14. The van der Waals surface area contributed by atoms with E-state index in [4.69, 9.17) is 9.47 Å². The van der Waals surface area contributed by atoms with Gasteiger partial charge in [0, 0.05) is 32.0 Å². The summed E-state index contributed by atoms with van der Waals surface area (Å²) < 4.78 is 9.92. The molecule has 1 rings (SSSR count). The Hall–Kier alpha value is -1.17. The fourth-order valence-electron chi connectivity index (χ4n) is 1.26. The Morgan fingerprint density at radius 1 is 1.44 bits per heavy atom. The number of aromatic nitrogens is 1. The number of hydrogen-bond donors (Lipinski definition) is 2. The van der Waals surface area contributed by atoms with Crippen LogP contribution in [-0.2, 0) is 4.74 Å². The largest absolute Gasteiger partial charge is 0.495 e. The zero-order valence-corrected chi connectivity index (χ0v) is 9.64. The van der Waals surface area contributed by atoms with Crippen LogP contribution in [0, 0.1) is 0 Å². The lowest BCUT2D eigenvalue weighted by Gasteiger charge is -2.12. The summed E-state index contributed by atoms with van der Waals surface area (Å²) in [4.78, 5) is 3.98. The van der Waals surface area contributed by atoms with Crippen LogP contribution in [0.5, 0.6) is 5.75 Å². The molecule has 0 saturated heterocycles. The molecule has 0 aliphatic rings. The van der Waals surface area contributed by atoms with E-state index in [0.717, 1.165) is 5.56 Å². The van der Waals surface area contributed by atoms with Crippen LogP contribution in [-0.4, -0.2) is 44.0 Å². The Labute approximate surface area is 95.4 Å². The van der Waals surface area contributed by atoms with Gasteiger partial charge in [0.1, 0.15) is 5.75 Å². The Balaban J connectivity index is 2.42. The topological polar surface area (TPSA) is 63.6 Å². The van der Waals surface area contributed by atoms with Crippen LogP contribution in [0.1, 0.15) is 11.7 Å².